The minimum atomic E-state index is -0.257. The minimum Gasteiger partial charge on any atom is -0.493 e. The Morgan fingerprint density at radius 2 is 2.25 bits per heavy atom. The van der Waals surface area contributed by atoms with Crippen molar-refractivity contribution in [2.75, 3.05) is 13.2 Å². The van der Waals surface area contributed by atoms with E-state index in [2.05, 4.69) is 12.1 Å². The number of ether oxygens (including phenoxy) is 2. The van der Waals surface area contributed by atoms with Gasteiger partial charge in [-0.05, 0) is 26.0 Å². The number of fused-ring (bicyclic) bond motifs is 1. The summed E-state index contributed by atoms with van der Waals surface area (Å²) < 4.78 is 11.5. The van der Waals surface area contributed by atoms with Gasteiger partial charge in [0.25, 0.3) is 0 Å². The highest BCUT2D eigenvalue weighted by Gasteiger charge is 2.27. The molecule has 0 aromatic heterocycles. The van der Waals surface area contributed by atoms with Gasteiger partial charge in [0.15, 0.2) is 6.10 Å². The van der Waals surface area contributed by atoms with Crippen molar-refractivity contribution in [1.82, 2.24) is 0 Å². The molecule has 0 spiro atoms. The zero-order chi connectivity index (χ0) is 14.1. The van der Waals surface area contributed by atoms with Gasteiger partial charge in [-0.25, -0.2) is 0 Å². The molecule has 0 saturated heterocycles. The van der Waals surface area contributed by atoms with Gasteiger partial charge in [-0.3, -0.25) is 0 Å². The van der Waals surface area contributed by atoms with Gasteiger partial charge in [-0.15, -0.1) is 0 Å². The third-order valence-corrected chi connectivity index (χ3v) is 3.55. The predicted molar refractivity (Wildman–Crippen MR) is 74.5 cm³/mol. The zero-order valence-electron chi connectivity index (χ0n) is 11.8. The molecule has 2 aliphatic rings. The Morgan fingerprint density at radius 3 is 2.95 bits per heavy atom. The molecule has 20 heavy (non-hydrogen) atoms. The first-order chi connectivity index (χ1) is 9.71. The molecule has 5 heteroatoms. The van der Waals surface area contributed by atoms with E-state index in [1.54, 1.807) is 0 Å². The second-order valence-corrected chi connectivity index (χ2v) is 5.17. The summed E-state index contributed by atoms with van der Waals surface area (Å²) in [5.74, 6) is 1.70. The van der Waals surface area contributed by atoms with Crippen LogP contribution in [0.4, 0.5) is 0 Å². The molecule has 2 aliphatic heterocycles. The van der Waals surface area contributed by atoms with Crippen molar-refractivity contribution in [3.8, 4) is 11.5 Å². The van der Waals surface area contributed by atoms with Gasteiger partial charge in [0, 0.05) is 24.0 Å². The van der Waals surface area contributed by atoms with E-state index in [4.69, 9.17) is 19.4 Å². The van der Waals surface area contributed by atoms with Gasteiger partial charge >= 0.3 is 0 Å². The number of rotatable bonds is 4. The molecular formula is C15H19NO4. The molecule has 2 unspecified atom stereocenters. The van der Waals surface area contributed by atoms with E-state index < -0.39 is 0 Å². The lowest BCUT2D eigenvalue weighted by Gasteiger charge is -2.12. The Hall–Kier alpha value is -1.75. The topological polar surface area (TPSA) is 60.3 Å². The normalized spacial score (nSPS) is 23.9. The van der Waals surface area contributed by atoms with E-state index in [0.29, 0.717) is 13.0 Å². The van der Waals surface area contributed by atoms with Crippen LogP contribution in [0.1, 0.15) is 31.4 Å². The number of hydrogen-bond donors (Lipinski definition) is 1. The first-order valence-electron chi connectivity index (χ1n) is 7.01. The fraction of sp³-hybridized carbons (Fsp3) is 0.533. The summed E-state index contributed by atoms with van der Waals surface area (Å²) >= 11 is 0. The Labute approximate surface area is 118 Å². The van der Waals surface area contributed by atoms with Crippen LogP contribution in [0.15, 0.2) is 17.3 Å². The molecule has 3 rings (SSSR count). The third kappa shape index (κ3) is 2.33. The summed E-state index contributed by atoms with van der Waals surface area (Å²) in [4.78, 5) is 5.18. The molecule has 0 bridgehead atoms. The summed E-state index contributed by atoms with van der Waals surface area (Å²) in [6.45, 7) is 4.58. The number of aliphatic hydroxyl groups is 1. The Kier molecular flexibility index (Phi) is 3.53. The van der Waals surface area contributed by atoms with Gasteiger partial charge in [0.2, 0.25) is 0 Å². The van der Waals surface area contributed by atoms with E-state index in [1.165, 1.54) is 5.56 Å². The molecule has 1 aromatic rings. The summed E-state index contributed by atoms with van der Waals surface area (Å²) in [6.07, 6.45) is 1.43. The second-order valence-electron chi connectivity index (χ2n) is 5.17. The first-order valence-corrected chi connectivity index (χ1v) is 7.01. The number of hydrogen-bond acceptors (Lipinski definition) is 5. The van der Waals surface area contributed by atoms with Crippen LogP contribution in [0.25, 0.3) is 0 Å². The Morgan fingerprint density at radius 1 is 1.40 bits per heavy atom. The Balaban J connectivity index is 1.95. The lowest BCUT2D eigenvalue weighted by atomic mass is 10.0. The fourth-order valence-electron chi connectivity index (χ4n) is 2.63. The summed E-state index contributed by atoms with van der Waals surface area (Å²) in [6, 6.07) is 4.01. The minimum absolute atomic E-state index is 0.0323. The van der Waals surface area contributed by atoms with Crippen molar-refractivity contribution < 1.29 is 19.4 Å². The zero-order valence-corrected chi connectivity index (χ0v) is 11.8. The molecule has 2 heterocycles. The number of oxime groups is 1. The maximum absolute atomic E-state index is 9.14. The largest absolute Gasteiger partial charge is 0.493 e. The predicted octanol–water partition coefficient (Wildman–Crippen LogP) is 1.89. The van der Waals surface area contributed by atoms with E-state index in [0.717, 1.165) is 29.2 Å². The molecule has 1 N–H and O–H groups in total. The molecule has 2 atom stereocenters. The highest BCUT2D eigenvalue weighted by atomic mass is 16.6. The van der Waals surface area contributed by atoms with E-state index in [9.17, 15) is 0 Å². The van der Waals surface area contributed by atoms with Gasteiger partial charge in [-0.2, -0.15) is 0 Å². The summed E-state index contributed by atoms with van der Waals surface area (Å²) in [7, 11) is 0. The third-order valence-electron chi connectivity index (χ3n) is 3.55. The average molecular weight is 277 g/mol. The summed E-state index contributed by atoms with van der Waals surface area (Å²) in [5, 5.41) is 13.2. The van der Waals surface area contributed by atoms with Crippen molar-refractivity contribution in [2.24, 2.45) is 5.16 Å². The van der Waals surface area contributed by atoms with Gasteiger partial charge < -0.3 is 19.4 Å². The van der Waals surface area contributed by atoms with Crippen molar-refractivity contribution in [3.05, 3.63) is 23.3 Å². The SMILES string of the molecule is CCOc1cc2c(cc1C1=NOC(CO)C1)OC(C)C2. The van der Waals surface area contributed by atoms with Crippen LogP contribution in [0.5, 0.6) is 11.5 Å². The number of nitrogens with zero attached hydrogens (tertiary/aromatic N) is 1. The lowest BCUT2D eigenvalue weighted by molar-refractivity contribution is 0.0390. The molecule has 1 aromatic carbocycles. The van der Waals surface area contributed by atoms with Gasteiger partial charge in [0.05, 0.1) is 18.9 Å². The standard InChI is InChI=1S/C15H19NO4/c1-3-18-15-5-10-4-9(2)19-14(10)7-12(15)13-6-11(8-17)20-16-13/h5,7,9,11,17H,3-4,6,8H2,1-2H3. The summed E-state index contributed by atoms with van der Waals surface area (Å²) in [5.41, 5.74) is 2.87. The van der Waals surface area contributed by atoms with E-state index in [-0.39, 0.29) is 18.8 Å². The first kappa shape index (κ1) is 13.2. The molecule has 0 amide bonds. The van der Waals surface area contributed by atoms with Crippen molar-refractivity contribution >= 4 is 5.71 Å². The van der Waals surface area contributed by atoms with Crippen LogP contribution < -0.4 is 9.47 Å². The maximum atomic E-state index is 9.14. The Bertz CT molecular complexity index is 541. The second kappa shape index (κ2) is 5.32. The van der Waals surface area contributed by atoms with Crippen molar-refractivity contribution in [1.29, 1.82) is 0 Å². The van der Waals surface area contributed by atoms with Crippen LogP contribution in [0.3, 0.4) is 0 Å². The van der Waals surface area contributed by atoms with Crippen molar-refractivity contribution in [3.63, 3.8) is 0 Å². The van der Waals surface area contributed by atoms with Crippen LogP contribution in [0.2, 0.25) is 0 Å². The highest BCUT2D eigenvalue weighted by Crippen LogP contribution is 2.36. The molecule has 108 valence electrons. The molecule has 0 aliphatic carbocycles. The average Bonchev–Trinajstić information content (AvgIpc) is 3.03. The quantitative estimate of drug-likeness (QED) is 0.913. The molecule has 0 saturated carbocycles. The number of benzene rings is 1. The highest BCUT2D eigenvalue weighted by molar-refractivity contribution is 6.04. The van der Waals surface area contributed by atoms with Crippen LogP contribution >= 0.6 is 0 Å². The van der Waals surface area contributed by atoms with Gasteiger partial charge in [0.1, 0.15) is 17.6 Å². The lowest BCUT2D eigenvalue weighted by Crippen LogP contribution is -2.13. The van der Waals surface area contributed by atoms with Crippen LogP contribution in [-0.4, -0.2) is 36.2 Å². The monoisotopic (exact) mass is 277 g/mol. The molecular weight excluding hydrogens is 258 g/mol. The van der Waals surface area contributed by atoms with E-state index in [1.807, 2.05) is 19.1 Å². The molecule has 5 nitrogen and oxygen atoms in total. The maximum Gasteiger partial charge on any atom is 0.156 e. The molecule has 0 fully saturated rings. The van der Waals surface area contributed by atoms with Crippen LogP contribution in [-0.2, 0) is 11.3 Å². The van der Waals surface area contributed by atoms with E-state index >= 15 is 0 Å². The van der Waals surface area contributed by atoms with Crippen LogP contribution in [0, 0.1) is 0 Å². The van der Waals surface area contributed by atoms with Gasteiger partial charge in [-0.1, -0.05) is 5.16 Å². The smallest absolute Gasteiger partial charge is 0.156 e. The molecule has 0 radical (unpaired) electrons. The van der Waals surface area contributed by atoms with Crippen molar-refractivity contribution in [2.45, 2.75) is 38.9 Å². The number of aliphatic hydroxyl groups excluding tert-OH is 1. The fourth-order valence-corrected chi connectivity index (χ4v) is 2.63.